The molecule has 72 valence electrons. The van der Waals surface area contributed by atoms with Crippen LogP contribution in [-0.2, 0) is 10.8 Å². The second-order valence-corrected chi connectivity index (χ2v) is 6.32. The zero-order chi connectivity index (χ0) is 9.41. The van der Waals surface area contributed by atoms with E-state index in [-0.39, 0.29) is 0 Å². The summed E-state index contributed by atoms with van der Waals surface area (Å²) < 4.78 is 10.9. The maximum atomic E-state index is 10.9. The van der Waals surface area contributed by atoms with Gasteiger partial charge in [0.15, 0.2) is 0 Å². The average molecular weight is 209 g/mol. The van der Waals surface area contributed by atoms with Crippen molar-refractivity contribution in [3.63, 3.8) is 0 Å². The molecule has 1 rings (SSSR count). The van der Waals surface area contributed by atoms with Gasteiger partial charge in [-0.3, -0.25) is 4.21 Å². The predicted molar refractivity (Wildman–Crippen MR) is 55.1 cm³/mol. The van der Waals surface area contributed by atoms with Gasteiger partial charge in [-0.05, 0) is 23.7 Å². The Morgan fingerprint density at radius 2 is 2.00 bits per heavy atom. The zero-order valence-electron chi connectivity index (χ0n) is 8.02. The van der Waals surface area contributed by atoms with Gasteiger partial charge in [-0.1, -0.05) is 13.8 Å². The van der Waals surface area contributed by atoms with Gasteiger partial charge in [0.05, 0.1) is 0 Å². The highest BCUT2D eigenvalue weighted by Gasteiger charge is 2.59. The van der Waals surface area contributed by atoms with E-state index in [1.54, 1.807) is 6.26 Å². The lowest BCUT2D eigenvalue weighted by atomic mass is 9.95. The maximum absolute atomic E-state index is 10.9. The Morgan fingerprint density at radius 1 is 1.50 bits per heavy atom. The molecule has 12 heavy (non-hydrogen) atoms. The van der Waals surface area contributed by atoms with Crippen LogP contribution in [0.4, 0.5) is 0 Å². The minimum Gasteiger partial charge on any atom is -0.260 e. The molecule has 0 aromatic rings. The van der Waals surface area contributed by atoms with E-state index in [9.17, 15) is 4.21 Å². The molecule has 0 saturated heterocycles. The van der Waals surface area contributed by atoms with Gasteiger partial charge in [0.25, 0.3) is 0 Å². The van der Waals surface area contributed by atoms with Crippen molar-refractivity contribution in [1.29, 1.82) is 0 Å². The lowest BCUT2D eigenvalue weighted by Crippen LogP contribution is -2.14. The molecule has 1 aliphatic rings. The van der Waals surface area contributed by atoms with E-state index in [0.717, 1.165) is 18.1 Å². The van der Waals surface area contributed by atoms with E-state index < -0.39 is 10.8 Å². The summed E-state index contributed by atoms with van der Waals surface area (Å²) in [4.78, 5) is 0. The Balaban J connectivity index is 2.45. The van der Waals surface area contributed by atoms with Gasteiger partial charge < -0.3 is 0 Å². The molecule has 3 heteroatoms. The van der Waals surface area contributed by atoms with E-state index in [2.05, 4.69) is 13.8 Å². The Bertz CT molecular complexity index is 203. The van der Waals surface area contributed by atoms with Crippen LogP contribution in [0, 0.1) is 10.8 Å². The average Bonchev–Trinajstić information content (AvgIpc) is 2.51. The second kappa shape index (κ2) is 3.30. The molecule has 0 bridgehead atoms. The number of hydrogen-bond donors (Lipinski definition) is 0. The number of halogens is 1. The van der Waals surface area contributed by atoms with Gasteiger partial charge in [0.1, 0.15) is 0 Å². The zero-order valence-corrected chi connectivity index (χ0v) is 9.60. The summed E-state index contributed by atoms with van der Waals surface area (Å²) in [6.07, 6.45) is 3.98. The molecular weight excluding hydrogens is 192 g/mol. The number of rotatable bonds is 4. The SMILES string of the molecule is CS(=O)CCC1(CCl)CC1(C)C. The summed E-state index contributed by atoms with van der Waals surface area (Å²) in [5.74, 6) is 1.52. The van der Waals surface area contributed by atoms with Crippen LogP contribution in [0.15, 0.2) is 0 Å². The van der Waals surface area contributed by atoms with Crippen LogP contribution < -0.4 is 0 Å². The van der Waals surface area contributed by atoms with Gasteiger partial charge in [-0.15, -0.1) is 11.6 Å². The van der Waals surface area contributed by atoms with E-state index in [0.29, 0.717) is 10.8 Å². The summed E-state index contributed by atoms with van der Waals surface area (Å²) in [6, 6.07) is 0. The van der Waals surface area contributed by atoms with Gasteiger partial charge in [0.2, 0.25) is 0 Å². The Labute approximate surface area is 82.3 Å². The number of hydrogen-bond acceptors (Lipinski definition) is 1. The Kier molecular flexibility index (Phi) is 2.89. The first-order valence-electron chi connectivity index (χ1n) is 4.30. The molecule has 0 aromatic carbocycles. The summed E-state index contributed by atoms with van der Waals surface area (Å²) in [5, 5.41) is 0. The van der Waals surface area contributed by atoms with Crippen LogP contribution in [-0.4, -0.2) is 22.1 Å². The number of alkyl halides is 1. The highest BCUT2D eigenvalue weighted by molar-refractivity contribution is 7.84. The normalized spacial score (nSPS) is 34.7. The largest absolute Gasteiger partial charge is 0.260 e. The summed E-state index contributed by atoms with van der Waals surface area (Å²) in [7, 11) is -0.666. The highest BCUT2D eigenvalue weighted by Crippen LogP contribution is 2.65. The van der Waals surface area contributed by atoms with Crippen molar-refractivity contribution in [3.8, 4) is 0 Å². The molecule has 0 aliphatic heterocycles. The molecule has 1 nitrogen and oxygen atoms in total. The molecule has 0 heterocycles. The highest BCUT2D eigenvalue weighted by atomic mass is 35.5. The molecule has 1 fully saturated rings. The van der Waals surface area contributed by atoms with Crippen molar-refractivity contribution in [2.45, 2.75) is 26.7 Å². The molecule has 1 saturated carbocycles. The lowest BCUT2D eigenvalue weighted by molar-refractivity contribution is 0.413. The Hall–Kier alpha value is 0.440. The molecule has 0 radical (unpaired) electrons. The fraction of sp³-hybridized carbons (Fsp3) is 1.00. The standard InChI is InChI=1S/C9H17ClOS/c1-8(2)6-9(8,7-10)4-5-12(3)11/h4-7H2,1-3H3. The third kappa shape index (κ3) is 1.85. The topological polar surface area (TPSA) is 17.1 Å². The first-order chi connectivity index (χ1) is 5.43. The fourth-order valence-corrected chi connectivity index (χ4v) is 3.13. The van der Waals surface area contributed by atoms with Crippen LogP contribution in [0.1, 0.15) is 26.7 Å². The van der Waals surface area contributed by atoms with Gasteiger partial charge >= 0.3 is 0 Å². The molecule has 1 aliphatic carbocycles. The third-order valence-electron chi connectivity index (χ3n) is 3.21. The van der Waals surface area contributed by atoms with Crippen molar-refractivity contribution in [2.75, 3.05) is 17.9 Å². The van der Waals surface area contributed by atoms with Crippen LogP contribution in [0.5, 0.6) is 0 Å². The second-order valence-electron chi connectivity index (χ2n) is 4.50. The van der Waals surface area contributed by atoms with E-state index >= 15 is 0 Å². The van der Waals surface area contributed by atoms with Crippen molar-refractivity contribution in [2.24, 2.45) is 10.8 Å². The third-order valence-corrected chi connectivity index (χ3v) is 4.51. The first-order valence-corrected chi connectivity index (χ1v) is 6.56. The molecule has 0 aromatic heterocycles. The molecular formula is C9H17ClOS. The minimum absolute atomic E-state index is 0.292. The van der Waals surface area contributed by atoms with E-state index in [1.807, 2.05) is 0 Å². The smallest absolute Gasteiger partial charge is 0.0285 e. The molecule has 2 atom stereocenters. The lowest BCUT2D eigenvalue weighted by Gasteiger charge is -2.16. The van der Waals surface area contributed by atoms with Crippen LogP contribution >= 0.6 is 11.6 Å². The summed E-state index contributed by atoms with van der Waals surface area (Å²) in [5.41, 5.74) is 0.675. The van der Waals surface area contributed by atoms with Gasteiger partial charge in [0, 0.05) is 28.7 Å². The fourth-order valence-electron chi connectivity index (χ4n) is 1.86. The monoisotopic (exact) mass is 208 g/mol. The van der Waals surface area contributed by atoms with E-state index in [4.69, 9.17) is 11.6 Å². The predicted octanol–water partition coefficient (Wildman–Crippen LogP) is 2.41. The van der Waals surface area contributed by atoms with E-state index in [1.165, 1.54) is 6.42 Å². The van der Waals surface area contributed by atoms with Crippen molar-refractivity contribution in [1.82, 2.24) is 0 Å². The maximum Gasteiger partial charge on any atom is 0.0285 e. The van der Waals surface area contributed by atoms with Gasteiger partial charge in [-0.25, -0.2) is 0 Å². The van der Waals surface area contributed by atoms with Gasteiger partial charge in [-0.2, -0.15) is 0 Å². The summed E-state index contributed by atoms with van der Waals surface area (Å²) >= 11 is 5.92. The minimum atomic E-state index is -0.666. The quantitative estimate of drug-likeness (QED) is 0.649. The van der Waals surface area contributed by atoms with Crippen LogP contribution in [0.2, 0.25) is 0 Å². The Morgan fingerprint density at radius 3 is 2.25 bits per heavy atom. The molecule has 0 amide bonds. The van der Waals surface area contributed by atoms with Crippen LogP contribution in [0.3, 0.4) is 0 Å². The molecule has 0 N–H and O–H groups in total. The molecule has 2 unspecified atom stereocenters. The van der Waals surface area contributed by atoms with Crippen molar-refractivity contribution in [3.05, 3.63) is 0 Å². The molecule has 0 spiro atoms. The van der Waals surface area contributed by atoms with Crippen molar-refractivity contribution >= 4 is 22.4 Å². The summed E-state index contributed by atoms with van der Waals surface area (Å²) in [6.45, 7) is 4.49. The van der Waals surface area contributed by atoms with Crippen molar-refractivity contribution < 1.29 is 4.21 Å². The van der Waals surface area contributed by atoms with Crippen LogP contribution in [0.25, 0.3) is 0 Å². The first kappa shape index (κ1) is 10.5.